The van der Waals surface area contributed by atoms with E-state index in [0.29, 0.717) is 0 Å². The molecule has 1 unspecified atom stereocenters. The minimum Gasteiger partial charge on any atom is -0.271 e. The number of aromatic nitrogens is 3. The van der Waals surface area contributed by atoms with Crippen LogP contribution >= 0.6 is 15.9 Å². The van der Waals surface area contributed by atoms with E-state index in [0.717, 1.165) is 16.7 Å². The molecule has 0 aliphatic carbocycles. The summed E-state index contributed by atoms with van der Waals surface area (Å²) in [6.45, 7) is 6.47. The number of halogens is 1. The van der Waals surface area contributed by atoms with Gasteiger partial charge in [0, 0.05) is 7.05 Å². The summed E-state index contributed by atoms with van der Waals surface area (Å²) in [5, 5.41) is 7.92. The fraction of sp³-hybridized carbons (Fsp3) is 0.778. The van der Waals surface area contributed by atoms with E-state index in [1.165, 1.54) is 0 Å². The normalized spacial score (nSPS) is 14.3. The van der Waals surface area contributed by atoms with Crippen LogP contribution in [-0.4, -0.2) is 15.0 Å². The van der Waals surface area contributed by atoms with Gasteiger partial charge in [-0.1, -0.05) is 26.0 Å². The highest BCUT2D eigenvalue weighted by molar-refractivity contribution is 9.10. The van der Waals surface area contributed by atoms with Gasteiger partial charge in [0.15, 0.2) is 4.60 Å². The molecule has 0 spiro atoms. The molecule has 1 aromatic heterocycles. The van der Waals surface area contributed by atoms with E-state index >= 15 is 0 Å². The fourth-order valence-corrected chi connectivity index (χ4v) is 2.08. The number of hydrogen-bond acceptors (Lipinski definition) is 4. The smallest absolute Gasteiger partial charge is 0.153 e. The van der Waals surface area contributed by atoms with Crippen LogP contribution in [0.1, 0.15) is 38.9 Å². The SMILES string of the molecule is CCC(C)(C)C(NN)c1c(Br)nnn1C. The summed E-state index contributed by atoms with van der Waals surface area (Å²) in [6, 6.07) is 0.0249. The van der Waals surface area contributed by atoms with Gasteiger partial charge < -0.3 is 0 Å². The zero-order valence-corrected chi connectivity index (χ0v) is 11.2. The van der Waals surface area contributed by atoms with Crippen LogP contribution < -0.4 is 11.3 Å². The highest BCUT2D eigenvalue weighted by atomic mass is 79.9. The summed E-state index contributed by atoms with van der Waals surface area (Å²) in [6.07, 6.45) is 1.01. The van der Waals surface area contributed by atoms with Crippen molar-refractivity contribution in [1.29, 1.82) is 0 Å². The second kappa shape index (κ2) is 4.59. The van der Waals surface area contributed by atoms with E-state index < -0.39 is 0 Å². The Balaban J connectivity index is 3.13. The van der Waals surface area contributed by atoms with Crippen molar-refractivity contribution in [2.45, 2.75) is 33.2 Å². The fourth-order valence-electron chi connectivity index (χ4n) is 1.52. The van der Waals surface area contributed by atoms with Crippen molar-refractivity contribution in [2.75, 3.05) is 0 Å². The molecule has 15 heavy (non-hydrogen) atoms. The van der Waals surface area contributed by atoms with Gasteiger partial charge in [-0.05, 0) is 27.8 Å². The first-order valence-electron chi connectivity index (χ1n) is 4.95. The summed E-state index contributed by atoms with van der Waals surface area (Å²) in [4.78, 5) is 0. The number of nitrogens with one attached hydrogen (secondary N) is 1. The second-order valence-electron chi connectivity index (χ2n) is 4.33. The van der Waals surface area contributed by atoms with Gasteiger partial charge in [0.1, 0.15) is 0 Å². The number of aryl methyl sites for hydroxylation is 1. The standard InChI is InChI=1S/C9H18BrN5/c1-5-9(2,3)7(12-11)6-8(10)13-14-15(6)4/h7,12H,5,11H2,1-4H3. The zero-order chi connectivity index (χ0) is 11.6. The third kappa shape index (κ3) is 2.38. The maximum absolute atomic E-state index is 5.62. The molecule has 0 aliphatic heterocycles. The van der Waals surface area contributed by atoms with Crippen LogP contribution in [0.3, 0.4) is 0 Å². The topological polar surface area (TPSA) is 68.8 Å². The lowest BCUT2D eigenvalue weighted by molar-refractivity contribution is 0.226. The number of nitrogens with two attached hydrogens (primary N) is 1. The predicted molar refractivity (Wildman–Crippen MR) is 62.8 cm³/mol. The van der Waals surface area contributed by atoms with E-state index in [4.69, 9.17) is 5.84 Å². The summed E-state index contributed by atoms with van der Waals surface area (Å²) < 4.78 is 2.49. The third-order valence-electron chi connectivity index (χ3n) is 2.96. The molecule has 1 atom stereocenters. The van der Waals surface area contributed by atoms with Gasteiger partial charge in [-0.2, -0.15) is 0 Å². The van der Waals surface area contributed by atoms with E-state index in [9.17, 15) is 0 Å². The van der Waals surface area contributed by atoms with Crippen molar-refractivity contribution in [1.82, 2.24) is 20.4 Å². The van der Waals surface area contributed by atoms with Gasteiger partial charge in [-0.15, -0.1) is 5.10 Å². The van der Waals surface area contributed by atoms with Crippen LogP contribution in [0.15, 0.2) is 4.60 Å². The molecular weight excluding hydrogens is 258 g/mol. The van der Waals surface area contributed by atoms with E-state index in [-0.39, 0.29) is 11.5 Å². The average molecular weight is 276 g/mol. The molecule has 6 heteroatoms. The maximum Gasteiger partial charge on any atom is 0.153 e. The molecule has 5 nitrogen and oxygen atoms in total. The van der Waals surface area contributed by atoms with Crippen molar-refractivity contribution in [3.05, 3.63) is 10.3 Å². The molecular formula is C9H18BrN5. The molecule has 0 aliphatic rings. The summed E-state index contributed by atoms with van der Waals surface area (Å²) in [5.74, 6) is 5.62. The van der Waals surface area contributed by atoms with Gasteiger partial charge >= 0.3 is 0 Å². The number of nitrogens with zero attached hydrogens (tertiary/aromatic N) is 3. The lowest BCUT2D eigenvalue weighted by atomic mass is 9.80. The van der Waals surface area contributed by atoms with Crippen molar-refractivity contribution >= 4 is 15.9 Å². The zero-order valence-electron chi connectivity index (χ0n) is 9.58. The van der Waals surface area contributed by atoms with Crippen LogP contribution in [0.5, 0.6) is 0 Å². The lowest BCUT2D eigenvalue weighted by Gasteiger charge is -2.32. The number of hydrazine groups is 1. The molecule has 1 rings (SSSR count). The largest absolute Gasteiger partial charge is 0.271 e. The van der Waals surface area contributed by atoms with Crippen molar-refractivity contribution in [2.24, 2.45) is 18.3 Å². The van der Waals surface area contributed by atoms with Crippen molar-refractivity contribution in [3.8, 4) is 0 Å². The number of rotatable bonds is 4. The number of hydrogen-bond donors (Lipinski definition) is 2. The third-order valence-corrected chi connectivity index (χ3v) is 3.52. The molecule has 0 saturated heterocycles. The summed E-state index contributed by atoms with van der Waals surface area (Å²) in [5.41, 5.74) is 3.87. The average Bonchev–Trinajstić information content (AvgIpc) is 2.50. The monoisotopic (exact) mass is 275 g/mol. The quantitative estimate of drug-likeness (QED) is 0.646. The van der Waals surface area contributed by atoms with Gasteiger partial charge in [0.2, 0.25) is 0 Å². The summed E-state index contributed by atoms with van der Waals surface area (Å²) >= 11 is 3.39. The first-order valence-corrected chi connectivity index (χ1v) is 5.74. The molecule has 0 fully saturated rings. The van der Waals surface area contributed by atoms with Gasteiger partial charge in [-0.3, -0.25) is 11.3 Å². The molecule has 1 aromatic rings. The Kier molecular flexibility index (Phi) is 3.86. The van der Waals surface area contributed by atoms with Crippen LogP contribution in [0.4, 0.5) is 0 Å². The summed E-state index contributed by atoms with van der Waals surface area (Å²) in [7, 11) is 1.86. The van der Waals surface area contributed by atoms with E-state index in [1.807, 2.05) is 7.05 Å². The van der Waals surface area contributed by atoms with Crippen LogP contribution in [-0.2, 0) is 7.05 Å². The van der Waals surface area contributed by atoms with Gasteiger partial charge in [-0.25, -0.2) is 4.68 Å². The molecule has 0 saturated carbocycles. The van der Waals surface area contributed by atoms with E-state index in [1.54, 1.807) is 4.68 Å². The second-order valence-corrected chi connectivity index (χ2v) is 5.08. The predicted octanol–water partition coefficient (Wildman–Crippen LogP) is 1.52. The Labute approximate surface area is 98.5 Å². The molecule has 0 aromatic carbocycles. The first kappa shape index (κ1) is 12.6. The minimum atomic E-state index is 0.0249. The lowest BCUT2D eigenvalue weighted by Crippen LogP contribution is -2.39. The highest BCUT2D eigenvalue weighted by Gasteiger charge is 2.32. The molecule has 0 amide bonds. The first-order chi connectivity index (χ1) is 6.94. The Hall–Kier alpha value is -0.460. The molecule has 0 radical (unpaired) electrons. The molecule has 3 N–H and O–H groups in total. The van der Waals surface area contributed by atoms with Gasteiger partial charge in [0.25, 0.3) is 0 Å². The van der Waals surface area contributed by atoms with Crippen LogP contribution in [0.25, 0.3) is 0 Å². The Bertz CT molecular complexity index is 314. The van der Waals surface area contributed by atoms with E-state index in [2.05, 4.69) is 52.4 Å². The van der Waals surface area contributed by atoms with Crippen LogP contribution in [0, 0.1) is 5.41 Å². The molecule has 1 heterocycles. The Morgan fingerprint density at radius 3 is 2.53 bits per heavy atom. The molecule has 0 bridgehead atoms. The highest BCUT2D eigenvalue weighted by Crippen LogP contribution is 2.37. The minimum absolute atomic E-state index is 0.0249. The maximum atomic E-state index is 5.62. The molecule has 86 valence electrons. The Morgan fingerprint density at radius 1 is 1.60 bits per heavy atom. The van der Waals surface area contributed by atoms with Crippen molar-refractivity contribution < 1.29 is 0 Å². The van der Waals surface area contributed by atoms with Crippen LogP contribution in [0.2, 0.25) is 0 Å². The Morgan fingerprint density at radius 2 is 2.20 bits per heavy atom. The van der Waals surface area contributed by atoms with Gasteiger partial charge in [0.05, 0.1) is 11.7 Å². The van der Waals surface area contributed by atoms with Crippen molar-refractivity contribution in [3.63, 3.8) is 0 Å².